The van der Waals surface area contributed by atoms with Crippen molar-refractivity contribution in [1.29, 1.82) is 0 Å². The molecule has 1 fully saturated rings. The van der Waals surface area contributed by atoms with Crippen molar-refractivity contribution in [2.75, 3.05) is 33.2 Å². The number of rotatable bonds is 5. The monoisotopic (exact) mass is 474 g/mol. The van der Waals surface area contributed by atoms with Gasteiger partial charge in [-0.25, -0.2) is 0 Å². The predicted molar refractivity (Wildman–Crippen MR) is 130 cm³/mol. The van der Waals surface area contributed by atoms with Gasteiger partial charge >= 0.3 is 0 Å². The van der Waals surface area contributed by atoms with Gasteiger partial charge in [0.1, 0.15) is 34.0 Å². The SMILES string of the molecule is CN1CCN(C(=O)C[C@@H](c2ccco2)c2c(O)cc(O)c3c(=O)cc(-c4ccccc4)oc23)CC1. The lowest BCUT2D eigenvalue weighted by atomic mass is 9.89. The van der Waals surface area contributed by atoms with Gasteiger partial charge in [0.05, 0.1) is 12.2 Å². The fraction of sp³-hybridized carbons (Fsp3) is 0.259. The van der Waals surface area contributed by atoms with E-state index in [0.29, 0.717) is 24.4 Å². The number of aromatic hydroxyl groups is 2. The summed E-state index contributed by atoms with van der Waals surface area (Å²) in [7, 11) is 2.01. The second kappa shape index (κ2) is 9.31. The van der Waals surface area contributed by atoms with Crippen LogP contribution in [0.4, 0.5) is 0 Å². The molecule has 35 heavy (non-hydrogen) atoms. The molecule has 8 heteroatoms. The third-order valence-electron chi connectivity index (χ3n) is 6.53. The highest BCUT2D eigenvalue weighted by Crippen LogP contribution is 2.43. The van der Waals surface area contributed by atoms with E-state index in [0.717, 1.165) is 19.2 Å². The summed E-state index contributed by atoms with van der Waals surface area (Å²) in [6, 6.07) is 14.9. The molecule has 1 atom stereocenters. The highest BCUT2D eigenvalue weighted by molar-refractivity contribution is 5.91. The number of piperazine rings is 1. The molecule has 1 amide bonds. The first-order valence-electron chi connectivity index (χ1n) is 11.5. The van der Waals surface area contributed by atoms with E-state index in [4.69, 9.17) is 8.83 Å². The number of fused-ring (bicyclic) bond motifs is 1. The zero-order valence-corrected chi connectivity index (χ0v) is 19.3. The smallest absolute Gasteiger partial charge is 0.223 e. The van der Waals surface area contributed by atoms with E-state index >= 15 is 0 Å². The van der Waals surface area contributed by atoms with Crippen LogP contribution < -0.4 is 5.43 Å². The third kappa shape index (κ3) is 4.40. The molecule has 1 aliphatic rings. The van der Waals surface area contributed by atoms with E-state index in [1.807, 2.05) is 25.2 Å². The molecule has 2 N–H and O–H groups in total. The van der Waals surface area contributed by atoms with Crippen molar-refractivity contribution in [3.05, 3.63) is 82.4 Å². The van der Waals surface area contributed by atoms with Crippen LogP contribution in [0.2, 0.25) is 0 Å². The molecule has 0 spiro atoms. The Morgan fingerprint density at radius 1 is 1.00 bits per heavy atom. The Bertz CT molecular complexity index is 1400. The molecule has 0 aliphatic carbocycles. The van der Waals surface area contributed by atoms with E-state index in [-0.39, 0.29) is 40.4 Å². The molecule has 0 unspecified atom stereocenters. The fourth-order valence-electron chi connectivity index (χ4n) is 4.60. The summed E-state index contributed by atoms with van der Waals surface area (Å²) in [4.78, 5) is 30.3. The van der Waals surface area contributed by atoms with Gasteiger partial charge in [0.15, 0.2) is 5.43 Å². The second-order valence-electron chi connectivity index (χ2n) is 8.83. The summed E-state index contributed by atoms with van der Waals surface area (Å²) >= 11 is 0. The molecule has 0 bridgehead atoms. The maximum Gasteiger partial charge on any atom is 0.223 e. The van der Waals surface area contributed by atoms with Crippen molar-refractivity contribution in [1.82, 2.24) is 9.80 Å². The molecular weight excluding hydrogens is 448 g/mol. The lowest BCUT2D eigenvalue weighted by Crippen LogP contribution is -2.47. The average Bonchev–Trinajstić information content (AvgIpc) is 3.38. The van der Waals surface area contributed by atoms with Crippen molar-refractivity contribution in [2.24, 2.45) is 0 Å². The van der Waals surface area contributed by atoms with Crippen LogP contribution in [0, 0.1) is 0 Å². The van der Waals surface area contributed by atoms with Crippen LogP contribution in [0.3, 0.4) is 0 Å². The standard InChI is InChI=1S/C27H26N2O6/c1-28-9-11-29(12-10-28)24(33)14-18(22-8-5-13-34-22)25-19(30)15-20(31)26-21(32)16-23(35-27(25)26)17-6-3-2-4-7-17/h2-8,13,15-16,18,30-31H,9-12,14H2,1H3/t18-/m0/s1. The molecule has 4 aromatic rings. The highest BCUT2D eigenvalue weighted by Gasteiger charge is 2.31. The third-order valence-corrected chi connectivity index (χ3v) is 6.53. The summed E-state index contributed by atoms with van der Waals surface area (Å²) < 4.78 is 11.8. The lowest BCUT2D eigenvalue weighted by Gasteiger charge is -2.33. The van der Waals surface area contributed by atoms with Crippen LogP contribution in [0.1, 0.15) is 23.7 Å². The van der Waals surface area contributed by atoms with Crippen LogP contribution in [0.15, 0.2) is 74.5 Å². The highest BCUT2D eigenvalue weighted by atomic mass is 16.3. The van der Waals surface area contributed by atoms with Crippen molar-refractivity contribution < 1.29 is 23.8 Å². The van der Waals surface area contributed by atoms with E-state index in [9.17, 15) is 19.8 Å². The number of phenolic OH excluding ortho intramolecular Hbond substituents is 2. The van der Waals surface area contributed by atoms with Crippen molar-refractivity contribution in [2.45, 2.75) is 12.3 Å². The van der Waals surface area contributed by atoms with E-state index in [1.165, 1.54) is 12.3 Å². The van der Waals surface area contributed by atoms with Gasteiger partial charge in [-0.2, -0.15) is 0 Å². The number of likely N-dealkylation sites (N-methyl/N-ethyl adjacent to an activating group) is 1. The maximum absolute atomic E-state index is 13.3. The second-order valence-corrected chi connectivity index (χ2v) is 8.83. The van der Waals surface area contributed by atoms with Gasteiger partial charge in [0.2, 0.25) is 5.91 Å². The first-order valence-corrected chi connectivity index (χ1v) is 11.5. The largest absolute Gasteiger partial charge is 0.507 e. The number of phenols is 2. The Balaban J connectivity index is 1.66. The number of nitrogens with zero attached hydrogens (tertiary/aromatic N) is 2. The summed E-state index contributed by atoms with van der Waals surface area (Å²) in [5.74, 6) is -0.759. The van der Waals surface area contributed by atoms with Gasteiger partial charge in [-0.3, -0.25) is 9.59 Å². The lowest BCUT2D eigenvalue weighted by molar-refractivity contribution is -0.133. The van der Waals surface area contributed by atoms with Crippen molar-refractivity contribution >= 4 is 16.9 Å². The topological polar surface area (TPSA) is 107 Å². The number of carbonyl (C=O) groups excluding carboxylic acids is 1. The molecule has 2 aromatic heterocycles. The zero-order valence-electron chi connectivity index (χ0n) is 19.3. The van der Waals surface area contributed by atoms with Gasteiger partial charge in [-0.1, -0.05) is 30.3 Å². The van der Waals surface area contributed by atoms with Crippen LogP contribution in [0.5, 0.6) is 11.5 Å². The number of hydrogen-bond acceptors (Lipinski definition) is 7. The first-order chi connectivity index (χ1) is 16.9. The molecule has 0 radical (unpaired) electrons. The summed E-state index contributed by atoms with van der Waals surface area (Å²) in [5, 5.41) is 21.4. The fourth-order valence-corrected chi connectivity index (χ4v) is 4.60. The minimum atomic E-state index is -0.727. The van der Waals surface area contributed by atoms with E-state index in [1.54, 1.807) is 29.2 Å². The molecule has 1 saturated heterocycles. The summed E-state index contributed by atoms with van der Waals surface area (Å²) in [6.07, 6.45) is 1.50. The van der Waals surface area contributed by atoms with Crippen molar-refractivity contribution in [3.63, 3.8) is 0 Å². The van der Waals surface area contributed by atoms with Gasteiger partial charge in [-0.15, -0.1) is 0 Å². The first kappa shape index (κ1) is 22.7. The quantitative estimate of drug-likeness (QED) is 0.453. The van der Waals surface area contributed by atoms with Crippen LogP contribution in [-0.4, -0.2) is 59.1 Å². The Labute approximate surface area is 201 Å². The van der Waals surface area contributed by atoms with Gasteiger partial charge in [0.25, 0.3) is 0 Å². The number of benzene rings is 2. The molecule has 5 rings (SSSR count). The molecule has 0 saturated carbocycles. The zero-order chi connectivity index (χ0) is 24.5. The Morgan fingerprint density at radius 2 is 1.74 bits per heavy atom. The molecule has 2 aromatic carbocycles. The maximum atomic E-state index is 13.3. The number of hydrogen-bond donors (Lipinski definition) is 2. The molecule has 8 nitrogen and oxygen atoms in total. The van der Waals surface area contributed by atoms with Gasteiger partial charge in [-0.05, 0) is 19.2 Å². The Hall–Kier alpha value is -4.04. The average molecular weight is 475 g/mol. The van der Waals surface area contributed by atoms with Crippen LogP contribution in [-0.2, 0) is 4.79 Å². The van der Waals surface area contributed by atoms with Crippen LogP contribution in [0.25, 0.3) is 22.3 Å². The molecule has 180 valence electrons. The number of furan rings is 1. The number of carbonyl (C=O) groups is 1. The molecular formula is C27H26N2O6. The summed E-state index contributed by atoms with van der Waals surface area (Å²) in [6.45, 7) is 2.77. The Morgan fingerprint density at radius 3 is 2.43 bits per heavy atom. The minimum absolute atomic E-state index is 0.00391. The Kier molecular flexibility index (Phi) is 6.05. The van der Waals surface area contributed by atoms with E-state index in [2.05, 4.69) is 4.90 Å². The predicted octanol–water partition coefficient (Wildman–Crippen LogP) is 3.76. The number of amides is 1. The van der Waals surface area contributed by atoms with Gasteiger partial charge < -0.3 is 28.8 Å². The van der Waals surface area contributed by atoms with Crippen molar-refractivity contribution in [3.8, 4) is 22.8 Å². The van der Waals surface area contributed by atoms with Crippen LogP contribution >= 0.6 is 0 Å². The van der Waals surface area contributed by atoms with Gasteiger partial charge in [0, 0.05) is 55.9 Å². The molecule has 1 aliphatic heterocycles. The minimum Gasteiger partial charge on any atom is -0.507 e. The molecule has 3 heterocycles. The summed E-state index contributed by atoms with van der Waals surface area (Å²) in [5.41, 5.74) is 0.474. The van der Waals surface area contributed by atoms with E-state index < -0.39 is 17.1 Å². The normalized spacial score (nSPS) is 15.4.